The van der Waals surface area contributed by atoms with Crippen molar-refractivity contribution in [2.24, 2.45) is 5.92 Å². The van der Waals surface area contributed by atoms with Crippen LogP contribution >= 0.6 is 0 Å². The first kappa shape index (κ1) is 18.2. The Hall–Kier alpha value is -2.56. The van der Waals surface area contributed by atoms with Gasteiger partial charge < -0.3 is 15.0 Å². The second-order valence-corrected chi connectivity index (χ2v) is 7.22. The van der Waals surface area contributed by atoms with Gasteiger partial charge in [-0.25, -0.2) is 0 Å². The number of nitrogens with one attached hydrogen (secondary N) is 1. The first-order valence-electron chi connectivity index (χ1n) is 9.31. The van der Waals surface area contributed by atoms with Crippen LogP contribution in [0.1, 0.15) is 44.1 Å². The smallest absolute Gasteiger partial charge is 0.272 e. The van der Waals surface area contributed by atoms with Gasteiger partial charge in [0.2, 0.25) is 0 Å². The highest BCUT2D eigenvalue weighted by atomic mass is 16.5. The molecule has 1 fully saturated rings. The number of carbonyl (C=O) groups is 1. The number of piperidine rings is 1. The highest BCUT2D eigenvalue weighted by molar-refractivity contribution is 5.93. The molecule has 5 heteroatoms. The van der Waals surface area contributed by atoms with Gasteiger partial charge >= 0.3 is 0 Å². The number of hydrogen-bond acceptors (Lipinski definition) is 4. The van der Waals surface area contributed by atoms with Crippen LogP contribution in [0.15, 0.2) is 42.6 Å². The fourth-order valence-electron chi connectivity index (χ4n) is 3.24. The first-order valence-corrected chi connectivity index (χ1v) is 9.31. The van der Waals surface area contributed by atoms with Crippen LogP contribution in [0.4, 0.5) is 11.4 Å². The maximum absolute atomic E-state index is 12.8. The number of rotatable bonds is 5. The fraction of sp³-hybridized carbons (Fsp3) is 0.429. The maximum Gasteiger partial charge on any atom is 0.272 e. The van der Waals surface area contributed by atoms with E-state index in [1.807, 2.05) is 55.1 Å². The van der Waals surface area contributed by atoms with Gasteiger partial charge in [0.25, 0.3) is 5.91 Å². The molecule has 1 aliphatic rings. The summed E-state index contributed by atoms with van der Waals surface area (Å²) in [4.78, 5) is 19.0. The van der Waals surface area contributed by atoms with Crippen LogP contribution in [0.3, 0.4) is 0 Å². The molecule has 1 amide bonds. The van der Waals surface area contributed by atoms with Crippen molar-refractivity contribution >= 4 is 17.3 Å². The third-order valence-electron chi connectivity index (χ3n) is 4.45. The lowest BCUT2D eigenvalue weighted by Gasteiger charge is -2.30. The van der Waals surface area contributed by atoms with Gasteiger partial charge in [-0.05, 0) is 56.9 Å². The Bertz CT molecular complexity index is 760. The highest BCUT2D eigenvalue weighted by Gasteiger charge is 2.23. The number of anilines is 2. The Kier molecular flexibility index (Phi) is 5.76. The third-order valence-corrected chi connectivity index (χ3v) is 4.45. The standard InChI is InChI=1S/C21H27N3O2/c1-15(2)26-20-9-5-4-8-18(20)23-17-10-11-22-19(13-17)21(25)24-12-6-7-16(3)14-24/h4-5,8-11,13,15-16H,6-7,12,14H2,1-3H3,(H,22,23). The van der Waals surface area contributed by atoms with Gasteiger partial charge in [0.05, 0.1) is 11.8 Å². The molecule has 1 aromatic heterocycles. The Balaban J connectivity index is 1.77. The fourth-order valence-corrected chi connectivity index (χ4v) is 3.24. The summed E-state index contributed by atoms with van der Waals surface area (Å²) in [5.74, 6) is 1.35. The van der Waals surface area contributed by atoms with Gasteiger partial charge in [0, 0.05) is 25.0 Å². The zero-order valence-electron chi connectivity index (χ0n) is 15.7. The number of carbonyl (C=O) groups excluding carboxylic acids is 1. The van der Waals surface area contributed by atoms with Gasteiger partial charge in [0.1, 0.15) is 11.4 Å². The summed E-state index contributed by atoms with van der Waals surface area (Å²) in [6.07, 6.45) is 4.01. The molecule has 0 aliphatic carbocycles. The van der Waals surface area contributed by atoms with E-state index in [0.717, 1.165) is 36.6 Å². The van der Waals surface area contributed by atoms with Crippen LogP contribution in [0, 0.1) is 5.92 Å². The SMILES string of the molecule is CC1CCCN(C(=O)c2cc(Nc3ccccc3OC(C)C)ccn2)C1. The van der Waals surface area contributed by atoms with Crippen molar-refractivity contribution in [3.05, 3.63) is 48.3 Å². The second-order valence-electron chi connectivity index (χ2n) is 7.22. The largest absolute Gasteiger partial charge is 0.489 e. The normalized spacial score (nSPS) is 17.2. The maximum atomic E-state index is 12.8. The van der Waals surface area contributed by atoms with Crippen molar-refractivity contribution in [2.75, 3.05) is 18.4 Å². The van der Waals surface area contributed by atoms with Crippen LogP contribution in [0.2, 0.25) is 0 Å². The number of para-hydroxylation sites is 2. The van der Waals surface area contributed by atoms with Crippen LogP contribution < -0.4 is 10.1 Å². The molecular weight excluding hydrogens is 326 g/mol. The van der Waals surface area contributed by atoms with E-state index in [1.54, 1.807) is 6.20 Å². The van der Waals surface area contributed by atoms with Crippen LogP contribution in [0.5, 0.6) is 5.75 Å². The summed E-state index contributed by atoms with van der Waals surface area (Å²) in [6.45, 7) is 7.81. The lowest BCUT2D eigenvalue weighted by Crippen LogP contribution is -2.39. The van der Waals surface area contributed by atoms with Gasteiger partial charge in [-0.3, -0.25) is 9.78 Å². The minimum atomic E-state index is 0.00640. The lowest BCUT2D eigenvalue weighted by molar-refractivity contribution is 0.0677. The number of pyridine rings is 1. The minimum Gasteiger partial charge on any atom is -0.489 e. The molecule has 1 atom stereocenters. The molecular formula is C21H27N3O2. The van der Waals surface area contributed by atoms with E-state index in [-0.39, 0.29) is 12.0 Å². The van der Waals surface area contributed by atoms with Crippen molar-refractivity contribution in [1.29, 1.82) is 0 Å². The van der Waals surface area contributed by atoms with Gasteiger partial charge in [0.15, 0.2) is 0 Å². The molecule has 2 heterocycles. The molecule has 0 bridgehead atoms. The summed E-state index contributed by atoms with van der Waals surface area (Å²) in [6, 6.07) is 11.5. The Morgan fingerprint density at radius 1 is 1.31 bits per heavy atom. The summed E-state index contributed by atoms with van der Waals surface area (Å²) in [5.41, 5.74) is 2.18. The van der Waals surface area contributed by atoms with Crippen molar-refractivity contribution in [1.82, 2.24) is 9.88 Å². The number of hydrogen-bond donors (Lipinski definition) is 1. The molecule has 1 aromatic carbocycles. The summed E-state index contributed by atoms with van der Waals surface area (Å²) in [5, 5.41) is 3.35. The van der Waals surface area contributed by atoms with E-state index in [4.69, 9.17) is 4.74 Å². The molecule has 1 N–H and O–H groups in total. The van der Waals surface area contributed by atoms with E-state index in [1.165, 1.54) is 6.42 Å². The van der Waals surface area contributed by atoms with Crippen LogP contribution in [0.25, 0.3) is 0 Å². The average Bonchev–Trinajstić information content (AvgIpc) is 2.62. The topological polar surface area (TPSA) is 54.5 Å². The lowest BCUT2D eigenvalue weighted by atomic mass is 10.00. The van der Waals surface area contributed by atoms with Crippen LogP contribution in [-0.4, -0.2) is 35.0 Å². The minimum absolute atomic E-state index is 0.00640. The number of nitrogens with zero attached hydrogens (tertiary/aromatic N) is 2. The van der Waals surface area contributed by atoms with Gasteiger partial charge in [-0.1, -0.05) is 19.1 Å². The van der Waals surface area contributed by atoms with E-state index in [9.17, 15) is 4.79 Å². The highest BCUT2D eigenvalue weighted by Crippen LogP contribution is 2.28. The molecule has 1 unspecified atom stereocenters. The summed E-state index contributed by atoms with van der Waals surface area (Å²) >= 11 is 0. The number of amides is 1. The van der Waals surface area contributed by atoms with Crippen molar-refractivity contribution in [2.45, 2.75) is 39.7 Å². The number of likely N-dealkylation sites (tertiary alicyclic amines) is 1. The molecule has 5 nitrogen and oxygen atoms in total. The Labute approximate surface area is 155 Å². The molecule has 0 saturated carbocycles. The molecule has 1 saturated heterocycles. The third kappa shape index (κ3) is 4.54. The predicted octanol–water partition coefficient (Wildman–Crippen LogP) is 4.48. The molecule has 0 spiro atoms. The van der Waals surface area contributed by atoms with Crippen molar-refractivity contribution < 1.29 is 9.53 Å². The van der Waals surface area contributed by atoms with Crippen molar-refractivity contribution in [3.8, 4) is 5.75 Å². The Morgan fingerprint density at radius 3 is 2.88 bits per heavy atom. The average molecular weight is 353 g/mol. The van der Waals surface area contributed by atoms with E-state index >= 15 is 0 Å². The molecule has 138 valence electrons. The first-order chi connectivity index (χ1) is 12.5. The number of benzene rings is 1. The molecule has 26 heavy (non-hydrogen) atoms. The zero-order chi connectivity index (χ0) is 18.5. The summed E-state index contributed by atoms with van der Waals surface area (Å²) in [7, 11) is 0. The number of ether oxygens (including phenoxy) is 1. The Morgan fingerprint density at radius 2 is 2.12 bits per heavy atom. The molecule has 0 radical (unpaired) electrons. The summed E-state index contributed by atoms with van der Waals surface area (Å²) < 4.78 is 5.85. The van der Waals surface area contributed by atoms with Crippen LogP contribution in [-0.2, 0) is 0 Å². The second kappa shape index (κ2) is 8.21. The van der Waals surface area contributed by atoms with E-state index in [2.05, 4.69) is 17.2 Å². The molecule has 2 aromatic rings. The predicted molar refractivity (Wildman–Crippen MR) is 104 cm³/mol. The van der Waals surface area contributed by atoms with E-state index in [0.29, 0.717) is 11.6 Å². The monoisotopic (exact) mass is 353 g/mol. The van der Waals surface area contributed by atoms with Crippen molar-refractivity contribution in [3.63, 3.8) is 0 Å². The molecule has 1 aliphatic heterocycles. The number of aromatic nitrogens is 1. The van der Waals surface area contributed by atoms with Gasteiger partial charge in [-0.2, -0.15) is 0 Å². The van der Waals surface area contributed by atoms with E-state index < -0.39 is 0 Å². The van der Waals surface area contributed by atoms with Gasteiger partial charge in [-0.15, -0.1) is 0 Å². The quantitative estimate of drug-likeness (QED) is 0.861. The molecule has 3 rings (SSSR count). The zero-order valence-corrected chi connectivity index (χ0v) is 15.7.